The molecular formula is C13H17NO5. The lowest BCUT2D eigenvalue weighted by Gasteiger charge is -2.16. The summed E-state index contributed by atoms with van der Waals surface area (Å²) in [4.78, 5) is 22.7. The van der Waals surface area contributed by atoms with Crippen molar-refractivity contribution in [3.05, 3.63) is 23.8 Å². The molecule has 0 saturated heterocycles. The van der Waals surface area contributed by atoms with Gasteiger partial charge in [0.05, 0.1) is 6.61 Å². The molecule has 0 saturated carbocycles. The van der Waals surface area contributed by atoms with Crippen LogP contribution >= 0.6 is 0 Å². The van der Waals surface area contributed by atoms with Crippen molar-refractivity contribution in [1.82, 2.24) is 0 Å². The van der Waals surface area contributed by atoms with E-state index in [1.807, 2.05) is 0 Å². The van der Waals surface area contributed by atoms with Gasteiger partial charge in [-0.2, -0.15) is 0 Å². The van der Waals surface area contributed by atoms with Gasteiger partial charge in [0.25, 0.3) is 0 Å². The molecule has 0 aliphatic heterocycles. The largest absolute Gasteiger partial charge is 0.479 e. The molecule has 0 spiro atoms. The number of aliphatic carboxylic acids is 1. The fraction of sp³-hybridized carbons (Fsp3) is 0.385. The van der Waals surface area contributed by atoms with Crippen LogP contribution in [-0.2, 0) is 9.53 Å². The topological polar surface area (TPSA) is 98.9 Å². The minimum Gasteiger partial charge on any atom is -0.479 e. The third kappa shape index (κ3) is 3.87. The minimum absolute atomic E-state index is 0.118. The molecule has 6 heteroatoms. The van der Waals surface area contributed by atoms with Crippen LogP contribution < -0.4 is 10.5 Å². The van der Waals surface area contributed by atoms with Crippen LogP contribution in [0.4, 0.5) is 5.69 Å². The van der Waals surface area contributed by atoms with Crippen LogP contribution in [0.15, 0.2) is 18.2 Å². The lowest BCUT2D eigenvalue weighted by molar-refractivity contribution is -0.145. The molecule has 0 heterocycles. The smallest absolute Gasteiger partial charge is 0.344 e. The number of hydrogen-bond donors (Lipinski definition) is 2. The van der Waals surface area contributed by atoms with Gasteiger partial charge >= 0.3 is 11.9 Å². The average molecular weight is 267 g/mol. The lowest BCUT2D eigenvalue weighted by atomic mass is 10.1. The molecule has 0 radical (unpaired) electrons. The quantitative estimate of drug-likeness (QED) is 0.601. The van der Waals surface area contributed by atoms with E-state index in [4.69, 9.17) is 20.3 Å². The third-order valence-electron chi connectivity index (χ3n) is 2.42. The normalized spacial score (nSPS) is 11.7. The van der Waals surface area contributed by atoms with E-state index in [-0.39, 0.29) is 24.3 Å². The second-order valence-corrected chi connectivity index (χ2v) is 3.83. The highest BCUT2D eigenvalue weighted by Gasteiger charge is 2.21. The van der Waals surface area contributed by atoms with Crippen molar-refractivity contribution in [3.8, 4) is 5.75 Å². The summed E-state index contributed by atoms with van der Waals surface area (Å²) in [6.45, 7) is 3.58. The number of carbonyl (C=O) groups is 2. The standard InChI is InChI=1S/C13H17NO5/c1-3-10(12(15)16)19-11-7-8(14)5-6-9(11)13(17)18-4-2/h5-7,10H,3-4,14H2,1-2H3,(H,15,16). The second kappa shape index (κ2) is 6.63. The fourth-order valence-corrected chi connectivity index (χ4v) is 1.48. The van der Waals surface area contributed by atoms with Gasteiger partial charge in [0, 0.05) is 11.8 Å². The summed E-state index contributed by atoms with van der Waals surface area (Å²) in [5, 5.41) is 8.96. The summed E-state index contributed by atoms with van der Waals surface area (Å²) < 4.78 is 10.2. The first-order valence-corrected chi connectivity index (χ1v) is 5.95. The van der Waals surface area contributed by atoms with Crippen molar-refractivity contribution in [3.63, 3.8) is 0 Å². The molecule has 1 aromatic carbocycles. The number of carboxylic acid groups (broad SMARTS) is 1. The van der Waals surface area contributed by atoms with E-state index in [0.29, 0.717) is 5.69 Å². The van der Waals surface area contributed by atoms with Crippen molar-refractivity contribution in [2.24, 2.45) is 0 Å². The molecule has 6 nitrogen and oxygen atoms in total. The van der Waals surface area contributed by atoms with Gasteiger partial charge in [0.2, 0.25) is 0 Å². The SMILES string of the molecule is CCOC(=O)c1ccc(N)cc1OC(CC)C(=O)O. The highest BCUT2D eigenvalue weighted by molar-refractivity contribution is 5.93. The average Bonchev–Trinajstić information content (AvgIpc) is 2.35. The van der Waals surface area contributed by atoms with Crippen molar-refractivity contribution >= 4 is 17.6 Å². The second-order valence-electron chi connectivity index (χ2n) is 3.83. The molecule has 1 unspecified atom stereocenters. The zero-order chi connectivity index (χ0) is 14.4. The van der Waals surface area contributed by atoms with E-state index in [9.17, 15) is 9.59 Å². The Hall–Kier alpha value is -2.24. The molecule has 0 bridgehead atoms. The summed E-state index contributed by atoms with van der Waals surface area (Å²) >= 11 is 0. The summed E-state index contributed by atoms with van der Waals surface area (Å²) in [5.41, 5.74) is 6.16. The third-order valence-corrected chi connectivity index (χ3v) is 2.42. The van der Waals surface area contributed by atoms with Gasteiger partial charge < -0.3 is 20.3 Å². The maximum absolute atomic E-state index is 11.7. The number of rotatable bonds is 6. The lowest BCUT2D eigenvalue weighted by Crippen LogP contribution is -2.27. The van der Waals surface area contributed by atoms with Crippen LogP contribution in [0.2, 0.25) is 0 Å². The maximum Gasteiger partial charge on any atom is 0.344 e. The molecule has 0 aliphatic rings. The first-order valence-electron chi connectivity index (χ1n) is 5.95. The van der Waals surface area contributed by atoms with E-state index >= 15 is 0 Å². The molecule has 0 amide bonds. The molecule has 3 N–H and O–H groups in total. The van der Waals surface area contributed by atoms with Crippen molar-refractivity contribution in [1.29, 1.82) is 0 Å². The fourth-order valence-electron chi connectivity index (χ4n) is 1.48. The van der Waals surface area contributed by atoms with Gasteiger partial charge in [0.1, 0.15) is 11.3 Å². The molecule has 104 valence electrons. The van der Waals surface area contributed by atoms with Gasteiger partial charge in [0.15, 0.2) is 6.10 Å². The summed E-state index contributed by atoms with van der Waals surface area (Å²) in [6.07, 6.45) is -0.762. The van der Waals surface area contributed by atoms with Crippen LogP contribution in [-0.4, -0.2) is 29.8 Å². The Morgan fingerprint density at radius 1 is 1.37 bits per heavy atom. The van der Waals surface area contributed by atoms with Crippen LogP contribution in [0.5, 0.6) is 5.75 Å². The summed E-state index contributed by atoms with van der Waals surface area (Å²) in [6, 6.07) is 4.40. The Labute approximate surface area is 111 Å². The number of carbonyl (C=O) groups excluding carboxylic acids is 1. The van der Waals surface area contributed by atoms with Crippen molar-refractivity contribution in [2.75, 3.05) is 12.3 Å². The number of benzene rings is 1. The van der Waals surface area contributed by atoms with Crippen LogP contribution in [0, 0.1) is 0 Å². The first-order chi connectivity index (χ1) is 8.99. The van der Waals surface area contributed by atoms with Crippen molar-refractivity contribution < 1.29 is 24.2 Å². The highest BCUT2D eigenvalue weighted by Crippen LogP contribution is 2.24. The van der Waals surface area contributed by atoms with Crippen LogP contribution in [0.3, 0.4) is 0 Å². The molecule has 0 aliphatic carbocycles. The number of nitrogen functional groups attached to an aromatic ring is 1. The molecule has 19 heavy (non-hydrogen) atoms. The van der Waals surface area contributed by atoms with Crippen LogP contribution in [0.25, 0.3) is 0 Å². The number of ether oxygens (including phenoxy) is 2. The number of carboxylic acids is 1. The summed E-state index contributed by atoms with van der Waals surface area (Å²) in [7, 11) is 0. The van der Waals surface area contributed by atoms with Gasteiger partial charge in [-0.15, -0.1) is 0 Å². The van der Waals surface area contributed by atoms with Gasteiger partial charge in [-0.1, -0.05) is 6.92 Å². The molecule has 1 aromatic rings. The molecule has 0 fully saturated rings. The Kier molecular flexibility index (Phi) is 5.17. The van der Waals surface area contributed by atoms with Gasteiger partial charge in [-0.3, -0.25) is 0 Å². The summed E-state index contributed by atoms with van der Waals surface area (Å²) in [5.74, 6) is -1.55. The number of nitrogens with two attached hydrogens (primary N) is 1. The van der Waals surface area contributed by atoms with E-state index in [0.717, 1.165) is 0 Å². The number of hydrogen-bond acceptors (Lipinski definition) is 5. The van der Waals surface area contributed by atoms with Gasteiger partial charge in [-0.05, 0) is 25.5 Å². The molecular weight excluding hydrogens is 250 g/mol. The van der Waals surface area contributed by atoms with E-state index < -0.39 is 18.0 Å². The zero-order valence-electron chi connectivity index (χ0n) is 10.9. The first kappa shape index (κ1) is 14.8. The van der Waals surface area contributed by atoms with Crippen LogP contribution in [0.1, 0.15) is 30.6 Å². The minimum atomic E-state index is -1.10. The van der Waals surface area contributed by atoms with Crippen molar-refractivity contribution in [2.45, 2.75) is 26.4 Å². The number of anilines is 1. The monoisotopic (exact) mass is 267 g/mol. The van der Waals surface area contributed by atoms with E-state index in [2.05, 4.69) is 0 Å². The van der Waals surface area contributed by atoms with Gasteiger partial charge in [-0.25, -0.2) is 9.59 Å². The molecule has 0 aromatic heterocycles. The molecule has 1 atom stereocenters. The maximum atomic E-state index is 11.7. The highest BCUT2D eigenvalue weighted by atomic mass is 16.5. The van der Waals surface area contributed by atoms with E-state index in [1.54, 1.807) is 13.8 Å². The number of esters is 1. The molecule has 1 rings (SSSR count). The predicted molar refractivity (Wildman–Crippen MR) is 69.2 cm³/mol. The zero-order valence-corrected chi connectivity index (χ0v) is 10.9. The predicted octanol–water partition coefficient (Wildman–Crippen LogP) is 1.69. The Morgan fingerprint density at radius 2 is 2.05 bits per heavy atom. The Balaban J connectivity index is 3.06. The Morgan fingerprint density at radius 3 is 2.58 bits per heavy atom. The van der Waals surface area contributed by atoms with E-state index in [1.165, 1.54) is 18.2 Å². The Bertz CT molecular complexity index is 472.